The minimum atomic E-state index is 0.256. The number of rotatable bonds is 3. The van der Waals surface area contributed by atoms with Gasteiger partial charge in [0.2, 0.25) is 5.88 Å². The van der Waals surface area contributed by atoms with Crippen molar-refractivity contribution < 1.29 is 5.11 Å². The lowest BCUT2D eigenvalue weighted by Gasteiger charge is -1.97. The van der Waals surface area contributed by atoms with E-state index >= 15 is 0 Å². The van der Waals surface area contributed by atoms with Crippen molar-refractivity contribution >= 4 is 29.8 Å². The first-order chi connectivity index (χ1) is 6.72. The lowest BCUT2D eigenvalue weighted by atomic mass is 10.5. The number of aromatic nitrogens is 1. The summed E-state index contributed by atoms with van der Waals surface area (Å²) < 4.78 is 2.43. The van der Waals surface area contributed by atoms with E-state index in [9.17, 15) is 5.11 Å². The summed E-state index contributed by atoms with van der Waals surface area (Å²) in [6, 6.07) is 0.486. The van der Waals surface area contributed by atoms with Gasteiger partial charge in [-0.1, -0.05) is 11.3 Å². The predicted molar refractivity (Wildman–Crippen MR) is 61.1 cm³/mol. The summed E-state index contributed by atoms with van der Waals surface area (Å²) in [5.74, 6) is 0.256. The first kappa shape index (κ1) is 9.86. The average molecular weight is 228 g/mol. The molecule has 1 heterocycles. The van der Waals surface area contributed by atoms with E-state index in [4.69, 9.17) is 12.2 Å². The van der Waals surface area contributed by atoms with E-state index in [1.165, 1.54) is 24.2 Å². The molecule has 0 spiro atoms. The lowest BCUT2D eigenvalue weighted by molar-refractivity contribution is 0.419. The highest BCUT2D eigenvalue weighted by molar-refractivity contribution is 7.73. The first-order valence-corrected chi connectivity index (χ1v) is 5.90. The molecule has 0 unspecified atom stereocenters. The highest BCUT2D eigenvalue weighted by atomic mass is 32.1. The third-order valence-corrected chi connectivity index (χ3v) is 3.53. The topological polar surface area (TPSA) is 37.5 Å². The molecule has 1 aliphatic carbocycles. The zero-order valence-electron chi connectivity index (χ0n) is 7.93. The molecule has 76 valence electrons. The molecule has 0 aromatic carbocycles. The van der Waals surface area contributed by atoms with Crippen molar-refractivity contribution in [2.75, 3.05) is 0 Å². The molecule has 1 N–H and O–H groups in total. The number of nitrogens with zero attached hydrogens (tertiary/aromatic N) is 2. The molecule has 1 aromatic heterocycles. The molecule has 3 nitrogen and oxygen atoms in total. The van der Waals surface area contributed by atoms with Gasteiger partial charge in [-0.2, -0.15) is 0 Å². The third-order valence-electron chi connectivity index (χ3n) is 2.16. The lowest BCUT2D eigenvalue weighted by Crippen LogP contribution is -1.92. The Morgan fingerprint density at radius 1 is 1.71 bits per heavy atom. The first-order valence-electron chi connectivity index (χ1n) is 4.68. The zero-order chi connectivity index (χ0) is 10.1. The molecule has 1 aliphatic rings. The number of thiazole rings is 1. The van der Waals surface area contributed by atoms with Crippen molar-refractivity contribution in [1.29, 1.82) is 0 Å². The molecule has 0 atom stereocenters. The largest absolute Gasteiger partial charge is 0.493 e. The van der Waals surface area contributed by atoms with Crippen LogP contribution in [0.2, 0.25) is 0 Å². The van der Waals surface area contributed by atoms with Crippen LogP contribution in [0.4, 0.5) is 0 Å². The van der Waals surface area contributed by atoms with Gasteiger partial charge in [0.1, 0.15) is 4.88 Å². The van der Waals surface area contributed by atoms with Crippen molar-refractivity contribution in [3.05, 3.63) is 8.83 Å². The standard InChI is InChI=1S/C9H12N2OS2/c1-2-11-8(12)7(14-9(11)13)5-10-6-3-4-6/h5-6,12H,2-4H2,1H3. The van der Waals surface area contributed by atoms with E-state index < -0.39 is 0 Å². The van der Waals surface area contributed by atoms with Crippen LogP contribution in [-0.4, -0.2) is 21.9 Å². The molecule has 0 saturated heterocycles. The minimum absolute atomic E-state index is 0.256. The van der Waals surface area contributed by atoms with Gasteiger partial charge in [-0.15, -0.1) is 0 Å². The maximum Gasteiger partial charge on any atom is 0.212 e. The SMILES string of the molecule is CCn1c(O)c(C=NC2CC2)sc1=S. The molecule has 0 amide bonds. The Bertz CT molecular complexity index is 415. The van der Waals surface area contributed by atoms with Crippen LogP contribution in [0, 0.1) is 3.95 Å². The van der Waals surface area contributed by atoms with Crippen LogP contribution in [0.3, 0.4) is 0 Å². The molecule has 5 heteroatoms. The van der Waals surface area contributed by atoms with Gasteiger partial charge in [-0.25, -0.2) is 0 Å². The smallest absolute Gasteiger partial charge is 0.212 e. The Kier molecular flexibility index (Phi) is 2.69. The molecule has 14 heavy (non-hydrogen) atoms. The highest BCUT2D eigenvalue weighted by Gasteiger charge is 2.19. The normalized spacial score (nSPS) is 16.6. The molecule has 0 radical (unpaired) electrons. The summed E-state index contributed by atoms with van der Waals surface area (Å²) in [5.41, 5.74) is 0. The second-order valence-corrected chi connectivity index (χ2v) is 4.99. The Balaban J connectivity index is 2.28. The fraction of sp³-hybridized carbons (Fsp3) is 0.556. The van der Waals surface area contributed by atoms with Crippen LogP contribution in [-0.2, 0) is 6.54 Å². The minimum Gasteiger partial charge on any atom is -0.493 e. The highest BCUT2D eigenvalue weighted by Crippen LogP contribution is 2.27. The van der Waals surface area contributed by atoms with Gasteiger partial charge in [-0.3, -0.25) is 9.56 Å². The van der Waals surface area contributed by atoms with Crippen molar-refractivity contribution in [2.45, 2.75) is 32.4 Å². The number of aromatic hydroxyl groups is 1. The Hall–Kier alpha value is -0.680. The zero-order valence-corrected chi connectivity index (χ0v) is 9.57. The third kappa shape index (κ3) is 1.88. The van der Waals surface area contributed by atoms with E-state index in [0.717, 1.165) is 4.88 Å². The predicted octanol–water partition coefficient (Wildman–Crippen LogP) is 2.59. The van der Waals surface area contributed by atoms with Crippen LogP contribution in [0.1, 0.15) is 24.6 Å². The number of hydrogen-bond donors (Lipinski definition) is 1. The molecular weight excluding hydrogens is 216 g/mol. The van der Waals surface area contributed by atoms with Gasteiger partial charge in [0.05, 0.1) is 6.04 Å². The Morgan fingerprint density at radius 3 is 2.93 bits per heavy atom. The van der Waals surface area contributed by atoms with E-state index in [1.54, 1.807) is 10.8 Å². The fourth-order valence-corrected chi connectivity index (χ4v) is 2.49. The molecule has 2 rings (SSSR count). The van der Waals surface area contributed by atoms with Crippen LogP contribution in [0.15, 0.2) is 4.99 Å². The van der Waals surface area contributed by atoms with Crippen LogP contribution in [0.25, 0.3) is 0 Å². The van der Waals surface area contributed by atoms with E-state index in [-0.39, 0.29) is 5.88 Å². The average Bonchev–Trinajstić information content (AvgIpc) is 2.92. The van der Waals surface area contributed by atoms with Crippen molar-refractivity contribution in [1.82, 2.24) is 4.57 Å². The molecule has 1 saturated carbocycles. The Labute approximate surface area is 91.7 Å². The molecule has 0 aliphatic heterocycles. The van der Waals surface area contributed by atoms with Gasteiger partial charge >= 0.3 is 0 Å². The quantitative estimate of drug-likeness (QED) is 0.638. The van der Waals surface area contributed by atoms with E-state index in [1.807, 2.05) is 6.92 Å². The molecule has 1 aromatic rings. The van der Waals surface area contributed by atoms with Gasteiger partial charge < -0.3 is 5.11 Å². The second-order valence-electron chi connectivity index (χ2n) is 3.31. The summed E-state index contributed by atoms with van der Waals surface area (Å²) >= 11 is 6.53. The van der Waals surface area contributed by atoms with Crippen LogP contribution < -0.4 is 0 Å². The fourth-order valence-electron chi connectivity index (χ4n) is 1.17. The summed E-state index contributed by atoms with van der Waals surface area (Å²) in [4.78, 5) is 5.10. The van der Waals surface area contributed by atoms with Crippen molar-refractivity contribution in [3.8, 4) is 5.88 Å². The molecular formula is C9H12N2OS2. The van der Waals surface area contributed by atoms with E-state index in [0.29, 0.717) is 16.5 Å². The summed E-state index contributed by atoms with van der Waals surface area (Å²) in [5, 5.41) is 9.76. The summed E-state index contributed by atoms with van der Waals surface area (Å²) in [6.07, 6.45) is 4.11. The summed E-state index contributed by atoms with van der Waals surface area (Å²) in [6.45, 7) is 2.67. The second kappa shape index (κ2) is 3.82. The van der Waals surface area contributed by atoms with Gasteiger partial charge in [-0.05, 0) is 32.0 Å². The summed E-state index contributed by atoms with van der Waals surface area (Å²) in [7, 11) is 0. The van der Waals surface area contributed by atoms with Gasteiger partial charge in [0.25, 0.3) is 0 Å². The van der Waals surface area contributed by atoms with Crippen LogP contribution >= 0.6 is 23.6 Å². The number of hydrogen-bond acceptors (Lipinski definition) is 4. The number of aliphatic imine (C=N–C) groups is 1. The van der Waals surface area contributed by atoms with Gasteiger partial charge in [0, 0.05) is 12.8 Å². The van der Waals surface area contributed by atoms with Crippen molar-refractivity contribution in [3.63, 3.8) is 0 Å². The van der Waals surface area contributed by atoms with E-state index in [2.05, 4.69) is 4.99 Å². The maximum atomic E-state index is 9.76. The van der Waals surface area contributed by atoms with Crippen molar-refractivity contribution in [2.24, 2.45) is 4.99 Å². The molecule has 1 fully saturated rings. The molecule has 0 bridgehead atoms. The maximum absolute atomic E-state index is 9.76. The van der Waals surface area contributed by atoms with Gasteiger partial charge in [0.15, 0.2) is 3.95 Å². The monoisotopic (exact) mass is 228 g/mol. The Morgan fingerprint density at radius 2 is 2.43 bits per heavy atom. The van der Waals surface area contributed by atoms with Crippen LogP contribution in [0.5, 0.6) is 5.88 Å².